The fourth-order valence-electron chi connectivity index (χ4n) is 1.67. The summed E-state index contributed by atoms with van der Waals surface area (Å²) in [4.78, 5) is 11.6. The summed E-state index contributed by atoms with van der Waals surface area (Å²) in [5.74, 6) is -0.643. The molecule has 0 aliphatic carbocycles. The van der Waals surface area contributed by atoms with E-state index in [-0.39, 0.29) is 23.8 Å². The van der Waals surface area contributed by atoms with Gasteiger partial charge in [0.05, 0.1) is 29.2 Å². The summed E-state index contributed by atoms with van der Waals surface area (Å²) in [5, 5.41) is 19.1. The quantitative estimate of drug-likeness (QED) is 0.596. The number of non-ortho nitro benzene ring substituents is 1. The zero-order chi connectivity index (χ0) is 13.7. The van der Waals surface area contributed by atoms with Gasteiger partial charge in [0.25, 0.3) is 5.69 Å². The Balaban J connectivity index is 3.06. The van der Waals surface area contributed by atoms with E-state index >= 15 is 0 Å². The van der Waals surface area contributed by atoms with E-state index < -0.39 is 10.7 Å². The van der Waals surface area contributed by atoms with Crippen molar-refractivity contribution in [3.05, 3.63) is 34.1 Å². The van der Waals surface area contributed by atoms with E-state index in [0.717, 1.165) is 6.07 Å². The summed E-state index contributed by atoms with van der Waals surface area (Å²) < 4.78 is 13.8. The van der Waals surface area contributed by atoms with Crippen LogP contribution in [0.1, 0.15) is 20.3 Å². The summed E-state index contributed by atoms with van der Waals surface area (Å²) in [7, 11) is 0. The minimum absolute atomic E-state index is 0.00862. The van der Waals surface area contributed by atoms with E-state index in [1.807, 2.05) is 19.9 Å². The van der Waals surface area contributed by atoms with Crippen molar-refractivity contribution in [2.75, 3.05) is 11.4 Å². The highest BCUT2D eigenvalue weighted by Crippen LogP contribution is 2.25. The van der Waals surface area contributed by atoms with Crippen LogP contribution in [0.5, 0.6) is 0 Å². The van der Waals surface area contributed by atoms with Crippen LogP contribution in [0.4, 0.5) is 15.8 Å². The van der Waals surface area contributed by atoms with Crippen molar-refractivity contribution in [1.82, 2.24) is 0 Å². The van der Waals surface area contributed by atoms with Gasteiger partial charge >= 0.3 is 0 Å². The molecule has 0 aromatic heterocycles. The molecule has 0 aliphatic rings. The summed E-state index contributed by atoms with van der Waals surface area (Å²) in [6.07, 6.45) is 0.272. The maximum Gasteiger partial charge on any atom is 0.272 e. The molecule has 0 fully saturated rings. The van der Waals surface area contributed by atoms with E-state index in [1.165, 1.54) is 12.1 Å². The summed E-state index contributed by atoms with van der Waals surface area (Å²) in [5.41, 5.74) is 0.00564. The Kier molecular flexibility index (Phi) is 4.60. The van der Waals surface area contributed by atoms with Crippen LogP contribution in [0.2, 0.25) is 0 Å². The number of nitrogens with zero attached hydrogens (tertiary/aromatic N) is 3. The third-order valence-corrected chi connectivity index (χ3v) is 2.54. The molecule has 0 spiro atoms. The maximum atomic E-state index is 13.8. The predicted molar refractivity (Wildman–Crippen MR) is 65.8 cm³/mol. The lowest BCUT2D eigenvalue weighted by Gasteiger charge is -2.28. The number of rotatable bonds is 5. The van der Waals surface area contributed by atoms with E-state index in [4.69, 9.17) is 5.26 Å². The van der Waals surface area contributed by atoms with Crippen molar-refractivity contribution in [2.24, 2.45) is 0 Å². The van der Waals surface area contributed by atoms with Crippen LogP contribution in [0.15, 0.2) is 18.2 Å². The average molecular weight is 251 g/mol. The molecular weight excluding hydrogens is 237 g/mol. The number of hydrogen-bond donors (Lipinski definition) is 0. The summed E-state index contributed by atoms with van der Waals surface area (Å²) in [6.45, 7) is 4.14. The molecule has 0 radical (unpaired) electrons. The monoisotopic (exact) mass is 251 g/mol. The second kappa shape index (κ2) is 5.96. The van der Waals surface area contributed by atoms with Gasteiger partial charge in [0, 0.05) is 18.7 Å². The fraction of sp³-hybridized carbons (Fsp3) is 0.417. The molecule has 18 heavy (non-hydrogen) atoms. The van der Waals surface area contributed by atoms with Crippen molar-refractivity contribution in [3.63, 3.8) is 0 Å². The molecule has 0 N–H and O–H groups in total. The molecule has 1 rings (SSSR count). The first-order valence-electron chi connectivity index (χ1n) is 5.55. The largest absolute Gasteiger partial charge is 0.366 e. The number of nitro benzene ring substituents is 1. The molecule has 0 amide bonds. The Morgan fingerprint density at radius 2 is 2.22 bits per heavy atom. The zero-order valence-corrected chi connectivity index (χ0v) is 10.3. The molecule has 0 saturated carbocycles. The van der Waals surface area contributed by atoms with Crippen LogP contribution in [-0.2, 0) is 0 Å². The molecule has 5 nitrogen and oxygen atoms in total. The van der Waals surface area contributed by atoms with E-state index in [0.29, 0.717) is 6.54 Å². The van der Waals surface area contributed by atoms with Crippen molar-refractivity contribution in [3.8, 4) is 6.07 Å². The van der Waals surface area contributed by atoms with Crippen molar-refractivity contribution < 1.29 is 9.31 Å². The van der Waals surface area contributed by atoms with Gasteiger partial charge in [-0.3, -0.25) is 10.1 Å². The highest BCUT2D eigenvalue weighted by atomic mass is 19.1. The number of benzene rings is 1. The normalized spacial score (nSPS) is 10.2. The summed E-state index contributed by atoms with van der Waals surface area (Å²) >= 11 is 0. The first kappa shape index (κ1) is 13.9. The second-order valence-electron chi connectivity index (χ2n) is 4.09. The number of anilines is 1. The highest BCUT2D eigenvalue weighted by molar-refractivity contribution is 5.53. The van der Waals surface area contributed by atoms with Crippen LogP contribution >= 0.6 is 0 Å². The zero-order valence-electron chi connectivity index (χ0n) is 10.3. The molecule has 6 heteroatoms. The van der Waals surface area contributed by atoms with Gasteiger partial charge in [0.2, 0.25) is 0 Å². The van der Waals surface area contributed by atoms with Crippen molar-refractivity contribution >= 4 is 11.4 Å². The molecule has 0 unspecified atom stereocenters. The van der Waals surface area contributed by atoms with Crippen LogP contribution in [-0.4, -0.2) is 17.5 Å². The Labute approximate surface area is 105 Å². The third kappa shape index (κ3) is 3.17. The first-order valence-corrected chi connectivity index (χ1v) is 5.55. The molecule has 1 aromatic rings. The van der Waals surface area contributed by atoms with Crippen molar-refractivity contribution in [1.29, 1.82) is 5.26 Å². The molecule has 0 aliphatic heterocycles. The van der Waals surface area contributed by atoms with Gasteiger partial charge in [-0.25, -0.2) is 4.39 Å². The van der Waals surface area contributed by atoms with Gasteiger partial charge in [0.15, 0.2) is 5.82 Å². The Morgan fingerprint density at radius 1 is 1.56 bits per heavy atom. The fourth-order valence-corrected chi connectivity index (χ4v) is 1.67. The van der Waals surface area contributed by atoms with Gasteiger partial charge in [-0.1, -0.05) is 0 Å². The highest BCUT2D eigenvalue weighted by Gasteiger charge is 2.17. The van der Waals surface area contributed by atoms with Crippen LogP contribution < -0.4 is 4.90 Å². The third-order valence-electron chi connectivity index (χ3n) is 2.54. The number of nitriles is 1. The smallest absolute Gasteiger partial charge is 0.272 e. The van der Waals surface area contributed by atoms with E-state index in [1.54, 1.807) is 4.90 Å². The number of halogens is 1. The molecular formula is C12H14FN3O2. The molecule has 1 aromatic carbocycles. The SMILES string of the molecule is CC(C)N(CCC#N)c1ccc([N+](=O)[O-])cc1F. The Morgan fingerprint density at radius 3 is 2.67 bits per heavy atom. The summed E-state index contributed by atoms with van der Waals surface area (Å²) in [6, 6.07) is 5.55. The molecule has 96 valence electrons. The number of hydrogen-bond acceptors (Lipinski definition) is 4. The van der Waals surface area contributed by atoms with Gasteiger partial charge in [-0.2, -0.15) is 5.26 Å². The van der Waals surface area contributed by atoms with E-state index in [2.05, 4.69) is 0 Å². The standard InChI is InChI=1S/C12H14FN3O2/c1-9(2)15(7-3-6-14)12-5-4-10(16(17)18)8-11(12)13/h4-5,8-9H,3,7H2,1-2H3. The topological polar surface area (TPSA) is 70.2 Å². The van der Waals surface area contributed by atoms with Crippen LogP contribution in [0.3, 0.4) is 0 Å². The minimum Gasteiger partial charge on any atom is -0.366 e. The maximum absolute atomic E-state index is 13.8. The Bertz CT molecular complexity index is 483. The van der Waals surface area contributed by atoms with E-state index in [9.17, 15) is 14.5 Å². The predicted octanol–water partition coefficient (Wildman–Crippen LogP) is 2.86. The second-order valence-corrected chi connectivity index (χ2v) is 4.09. The number of nitro groups is 1. The van der Waals surface area contributed by atoms with Gasteiger partial charge in [-0.05, 0) is 19.9 Å². The van der Waals surface area contributed by atoms with Gasteiger partial charge in [0.1, 0.15) is 0 Å². The lowest BCUT2D eigenvalue weighted by atomic mass is 10.2. The lowest BCUT2D eigenvalue weighted by molar-refractivity contribution is -0.385. The first-order chi connectivity index (χ1) is 8.47. The van der Waals surface area contributed by atoms with Gasteiger partial charge in [-0.15, -0.1) is 0 Å². The minimum atomic E-state index is -0.643. The molecule has 0 atom stereocenters. The molecule has 0 saturated heterocycles. The molecule has 0 bridgehead atoms. The van der Waals surface area contributed by atoms with Crippen LogP contribution in [0, 0.1) is 27.3 Å². The van der Waals surface area contributed by atoms with Crippen molar-refractivity contribution in [2.45, 2.75) is 26.3 Å². The lowest BCUT2D eigenvalue weighted by Crippen LogP contribution is -2.32. The average Bonchev–Trinajstić information content (AvgIpc) is 2.30. The van der Waals surface area contributed by atoms with Gasteiger partial charge < -0.3 is 4.90 Å². The molecule has 0 heterocycles. The van der Waals surface area contributed by atoms with Crippen LogP contribution in [0.25, 0.3) is 0 Å². The Hall–Kier alpha value is -2.16.